The van der Waals surface area contributed by atoms with Crippen molar-refractivity contribution in [3.8, 4) is 0 Å². The van der Waals surface area contributed by atoms with Gasteiger partial charge in [0.15, 0.2) is 0 Å². The number of aliphatic hydroxyl groups excluding tert-OH is 1. The fraction of sp³-hybridized carbons (Fsp3) is 0.500. The molecular formula is C14H22N2O2. The van der Waals surface area contributed by atoms with Crippen LogP contribution in [0.2, 0.25) is 0 Å². The Morgan fingerprint density at radius 2 is 1.94 bits per heavy atom. The molecule has 0 saturated carbocycles. The number of benzene rings is 1. The summed E-state index contributed by atoms with van der Waals surface area (Å²) in [6.45, 7) is 1.63. The summed E-state index contributed by atoms with van der Waals surface area (Å²) in [6.07, 6.45) is 2.49. The maximum atomic E-state index is 10.5. The molecule has 0 radical (unpaired) electrons. The van der Waals surface area contributed by atoms with Crippen molar-refractivity contribution >= 4 is 5.91 Å². The van der Waals surface area contributed by atoms with Gasteiger partial charge in [0.2, 0.25) is 5.91 Å². The fourth-order valence-electron chi connectivity index (χ4n) is 1.75. The second-order valence-corrected chi connectivity index (χ2v) is 4.39. The third kappa shape index (κ3) is 6.37. The monoisotopic (exact) mass is 250 g/mol. The van der Waals surface area contributed by atoms with E-state index in [2.05, 4.69) is 5.32 Å². The maximum absolute atomic E-state index is 10.5. The molecule has 18 heavy (non-hydrogen) atoms. The van der Waals surface area contributed by atoms with Crippen LogP contribution < -0.4 is 11.1 Å². The van der Waals surface area contributed by atoms with Gasteiger partial charge in [-0.15, -0.1) is 0 Å². The molecule has 0 fully saturated rings. The summed E-state index contributed by atoms with van der Waals surface area (Å²) in [7, 11) is 0. The predicted octanol–water partition coefficient (Wildman–Crippen LogP) is 1.36. The number of carbonyl (C=O) groups excluding carboxylic acids is 1. The SMILES string of the molecule is NC(=O)CCCCNCC[C@@H](O)c1ccccc1. The molecule has 1 atom stereocenters. The van der Waals surface area contributed by atoms with Crippen LogP contribution >= 0.6 is 0 Å². The minimum atomic E-state index is -0.413. The van der Waals surface area contributed by atoms with Gasteiger partial charge in [0.25, 0.3) is 0 Å². The van der Waals surface area contributed by atoms with Gasteiger partial charge in [0, 0.05) is 6.42 Å². The number of nitrogens with two attached hydrogens (primary N) is 1. The molecule has 1 rings (SSSR count). The minimum Gasteiger partial charge on any atom is -0.388 e. The predicted molar refractivity (Wildman–Crippen MR) is 71.9 cm³/mol. The molecule has 0 aliphatic carbocycles. The van der Waals surface area contributed by atoms with Gasteiger partial charge in [-0.3, -0.25) is 4.79 Å². The molecule has 4 heteroatoms. The van der Waals surface area contributed by atoms with E-state index in [1.807, 2.05) is 30.3 Å². The van der Waals surface area contributed by atoms with Crippen LogP contribution in [0.25, 0.3) is 0 Å². The van der Waals surface area contributed by atoms with Crippen molar-refractivity contribution in [3.63, 3.8) is 0 Å². The first-order chi connectivity index (χ1) is 8.70. The highest BCUT2D eigenvalue weighted by Crippen LogP contribution is 2.14. The van der Waals surface area contributed by atoms with Crippen molar-refractivity contribution in [1.82, 2.24) is 5.32 Å². The quantitative estimate of drug-likeness (QED) is 0.579. The minimum absolute atomic E-state index is 0.241. The Hall–Kier alpha value is -1.39. The first-order valence-electron chi connectivity index (χ1n) is 6.42. The lowest BCUT2D eigenvalue weighted by molar-refractivity contribution is -0.118. The van der Waals surface area contributed by atoms with Crippen LogP contribution in [0.5, 0.6) is 0 Å². The normalized spacial score (nSPS) is 12.3. The number of rotatable bonds is 9. The number of hydrogen-bond donors (Lipinski definition) is 3. The highest BCUT2D eigenvalue weighted by atomic mass is 16.3. The van der Waals surface area contributed by atoms with Gasteiger partial charge < -0.3 is 16.2 Å². The number of unbranched alkanes of at least 4 members (excludes halogenated alkanes) is 1. The van der Waals surface area contributed by atoms with Crippen LogP contribution in [0.3, 0.4) is 0 Å². The average Bonchev–Trinajstić information content (AvgIpc) is 2.38. The highest BCUT2D eigenvalue weighted by Gasteiger charge is 2.05. The summed E-state index contributed by atoms with van der Waals surface area (Å²) in [6, 6.07) is 9.65. The molecule has 1 aromatic rings. The molecule has 1 amide bonds. The topological polar surface area (TPSA) is 75.4 Å². The molecule has 0 aliphatic heterocycles. The Morgan fingerprint density at radius 3 is 2.61 bits per heavy atom. The van der Waals surface area contributed by atoms with E-state index in [0.717, 1.165) is 31.5 Å². The van der Waals surface area contributed by atoms with Crippen LogP contribution in [-0.2, 0) is 4.79 Å². The molecule has 0 heterocycles. The lowest BCUT2D eigenvalue weighted by atomic mass is 10.1. The summed E-state index contributed by atoms with van der Waals surface area (Å²) < 4.78 is 0. The van der Waals surface area contributed by atoms with Crippen molar-refractivity contribution in [2.45, 2.75) is 31.8 Å². The zero-order chi connectivity index (χ0) is 13.2. The van der Waals surface area contributed by atoms with E-state index in [-0.39, 0.29) is 5.91 Å². The van der Waals surface area contributed by atoms with Crippen molar-refractivity contribution in [1.29, 1.82) is 0 Å². The molecule has 0 saturated heterocycles. The molecule has 1 aromatic carbocycles. The van der Waals surface area contributed by atoms with E-state index < -0.39 is 6.10 Å². The van der Waals surface area contributed by atoms with Gasteiger partial charge in [0.1, 0.15) is 0 Å². The van der Waals surface area contributed by atoms with E-state index in [0.29, 0.717) is 12.8 Å². The number of primary amides is 1. The van der Waals surface area contributed by atoms with Gasteiger partial charge in [-0.05, 0) is 37.9 Å². The van der Waals surface area contributed by atoms with Gasteiger partial charge in [-0.2, -0.15) is 0 Å². The molecular weight excluding hydrogens is 228 g/mol. The van der Waals surface area contributed by atoms with Gasteiger partial charge in [0.05, 0.1) is 6.10 Å². The van der Waals surface area contributed by atoms with E-state index in [1.54, 1.807) is 0 Å². The van der Waals surface area contributed by atoms with E-state index in [4.69, 9.17) is 5.73 Å². The van der Waals surface area contributed by atoms with Crippen molar-refractivity contribution in [2.24, 2.45) is 5.73 Å². The Balaban J connectivity index is 2.03. The molecule has 4 nitrogen and oxygen atoms in total. The zero-order valence-electron chi connectivity index (χ0n) is 10.6. The van der Waals surface area contributed by atoms with E-state index in [1.165, 1.54) is 0 Å². The van der Waals surface area contributed by atoms with E-state index in [9.17, 15) is 9.90 Å². The smallest absolute Gasteiger partial charge is 0.217 e. The van der Waals surface area contributed by atoms with Gasteiger partial charge >= 0.3 is 0 Å². The molecule has 0 spiro atoms. The fourth-order valence-corrected chi connectivity index (χ4v) is 1.75. The first-order valence-corrected chi connectivity index (χ1v) is 6.42. The van der Waals surface area contributed by atoms with Crippen LogP contribution in [0, 0.1) is 0 Å². The van der Waals surface area contributed by atoms with Crippen molar-refractivity contribution in [2.75, 3.05) is 13.1 Å². The Morgan fingerprint density at radius 1 is 1.22 bits per heavy atom. The van der Waals surface area contributed by atoms with Crippen LogP contribution in [0.15, 0.2) is 30.3 Å². The van der Waals surface area contributed by atoms with Crippen molar-refractivity contribution < 1.29 is 9.90 Å². The third-order valence-electron chi connectivity index (χ3n) is 2.81. The van der Waals surface area contributed by atoms with Gasteiger partial charge in [-0.1, -0.05) is 30.3 Å². The Kier molecular flexibility index (Phi) is 7.06. The third-order valence-corrected chi connectivity index (χ3v) is 2.81. The van der Waals surface area contributed by atoms with Crippen LogP contribution in [0.1, 0.15) is 37.4 Å². The number of aliphatic hydroxyl groups is 1. The highest BCUT2D eigenvalue weighted by molar-refractivity contribution is 5.73. The summed E-state index contributed by atoms with van der Waals surface area (Å²) in [4.78, 5) is 10.5. The van der Waals surface area contributed by atoms with Crippen LogP contribution in [-0.4, -0.2) is 24.1 Å². The van der Waals surface area contributed by atoms with Crippen LogP contribution in [0.4, 0.5) is 0 Å². The molecule has 0 bridgehead atoms. The molecule has 0 unspecified atom stereocenters. The zero-order valence-corrected chi connectivity index (χ0v) is 10.6. The largest absolute Gasteiger partial charge is 0.388 e. The summed E-state index contributed by atoms with van der Waals surface area (Å²) >= 11 is 0. The summed E-state index contributed by atoms with van der Waals surface area (Å²) in [5.74, 6) is -0.241. The Labute approximate surface area is 108 Å². The lowest BCUT2D eigenvalue weighted by Crippen LogP contribution is -2.19. The lowest BCUT2D eigenvalue weighted by Gasteiger charge is -2.11. The number of carbonyl (C=O) groups is 1. The summed E-state index contributed by atoms with van der Waals surface area (Å²) in [5.41, 5.74) is 6.00. The summed E-state index contributed by atoms with van der Waals surface area (Å²) in [5, 5.41) is 13.1. The average molecular weight is 250 g/mol. The molecule has 100 valence electrons. The van der Waals surface area contributed by atoms with Gasteiger partial charge in [-0.25, -0.2) is 0 Å². The first kappa shape index (κ1) is 14.7. The number of hydrogen-bond acceptors (Lipinski definition) is 3. The Bertz CT molecular complexity index is 341. The molecule has 0 aliphatic rings. The number of amides is 1. The molecule has 0 aromatic heterocycles. The number of nitrogens with one attached hydrogen (secondary N) is 1. The van der Waals surface area contributed by atoms with Crippen molar-refractivity contribution in [3.05, 3.63) is 35.9 Å². The second-order valence-electron chi connectivity index (χ2n) is 4.39. The maximum Gasteiger partial charge on any atom is 0.217 e. The van der Waals surface area contributed by atoms with E-state index >= 15 is 0 Å². The standard InChI is InChI=1S/C14H22N2O2/c15-14(18)8-4-5-10-16-11-9-13(17)12-6-2-1-3-7-12/h1-3,6-7,13,16-17H,4-5,8-11H2,(H2,15,18)/t13-/m1/s1. The second kappa shape index (κ2) is 8.66. The molecule has 4 N–H and O–H groups in total.